The summed E-state index contributed by atoms with van der Waals surface area (Å²) < 4.78 is 38.1. The molecule has 0 heterocycles. The highest BCUT2D eigenvalue weighted by Crippen LogP contribution is 2.32. The number of sulfonamides is 1. The zero-order chi connectivity index (χ0) is 16.2. The van der Waals surface area contributed by atoms with Crippen LogP contribution in [0.25, 0.3) is 0 Å². The first-order valence-electron chi connectivity index (χ1n) is 7.62. The maximum absolute atomic E-state index is 12.3. The van der Waals surface area contributed by atoms with Gasteiger partial charge in [0.1, 0.15) is 0 Å². The van der Waals surface area contributed by atoms with Crippen molar-refractivity contribution in [2.45, 2.75) is 37.6 Å². The van der Waals surface area contributed by atoms with Gasteiger partial charge in [-0.15, -0.1) is 0 Å². The number of benzene rings is 1. The van der Waals surface area contributed by atoms with Gasteiger partial charge in [-0.05, 0) is 44.7 Å². The molecule has 1 aromatic carbocycles. The van der Waals surface area contributed by atoms with E-state index in [1.807, 2.05) is 13.8 Å². The first-order valence-corrected chi connectivity index (χ1v) is 9.11. The second-order valence-corrected chi connectivity index (χ2v) is 7.09. The van der Waals surface area contributed by atoms with E-state index in [-0.39, 0.29) is 17.5 Å². The molecule has 22 heavy (non-hydrogen) atoms. The van der Waals surface area contributed by atoms with Crippen LogP contribution in [0.2, 0.25) is 0 Å². The Kier molecular flexibility index (Phi) is 5.66. The quantitative estimate of drug-likeness (QED) is 0.717. The van der Waals surface area contributed by atoms with Gasteiger partial charge in [-0.3, -0.25) is 0 Å². The molecule has 1 atom stereocenters. The zero-order valence-electron chi connectivity index (χ0n) is 13.0. The van der Waals surface area contributed by atoms with Gasteiger partial charge in [-0.2, -0.15) is 0 Å². The number of rotatable bonds is 9. The van der Waals surface area contributed by atoms with Gasteiger partial charge in [-0.1, -0.05) is 0 Å². The first kappa shape index (κ1) is 17.1. The standard InChI is InChI=1S/C15H24N2O4S/c1-3-20-14-8-7-12(9-15(14)21-4-2)22(18,19)17-10-13(16)11-5-6-11/h7-9,11,13,17H,3-6,10,16H2,1-2H3. The maximum Gasteiger partial charge on any atom is 0.240 e. The van der Waals surface area contributed by atoms with Gasteiger partial charge in [0, 0.05) is 18.7 Å². The third-order valence-corrected chi connectivity index (χ3v) is 4.98. The van der Waals surface area contributed by atoms with Crippen LogP contribution in [0.3, 0.4) is 0 Å². The largest absolute Gasteiger partial charge is 0.490 e. The van der Waals surface area contributed by atoms with Gasteiger partial charge in [-0.25, -0.2) is 13.1 Å². The highest BCUT2D eigenvalue weighted by atomic mass is 32.2. The summed E-state index contributed by atoms with van der Waals surface area (Å²) in [7, 11) is -3.60. The smallest absolute Gasteiger partial charge is 0.240 e. The summed E-state index contributed by atoms with van der Waals surface area (Å²) >= 11 is 0. The highest BCUT2D eigenvalue weighted by Gasteiger charge is 2.29. The summed E-state index contributed by atoms with van der Waals surface area (Å²) in [6.45, 7) is 4.87. The summed E-state index contributed by atoms with van der Waals surface area (Å²) in [6, 6.07) is 4.49. The molecule has 0 saturated heterocycles. The molecule has 1 aromatic rings. The Morgan fingerprint density at radius 1 is 1.23 bits per heavy atom. The number of nitrogens with two attached hydrogens (primary N) is 1. The summed E-state index contributed by atoms with van der Waals surface area (Å²) in [6.07, 6.45) is 2.17. The molecule has 0 aliphatic heterocycles. The lowest BCUT2D eigenvalue weighted by Gasteiger charge is -2.14. The Morgan fingerprint density at radius 2 is 1.86 bits per heavy atom. The fraction of sp³-hybridized carbons (Fsp3) is 0.600. The van der Waals surface area contributed by atoms with E-state index in [1.165, 1.54) is 12.1 Å². The van der Waals surface area contributed by atoms with E-state index in [0.717, 1.165) is 12.8 Å². The summed E-state index contributed by atoms with van der Waals surface area (Å²) in [5.41, 5.74) is 5.93. The Bertz CT molecular complexity index is 600. The molecule has 2 rings (SSSR count). The second kappa shape index (κ2) is 7.30. The molecule has 0 aromatic heterocycles. The monoisotopic (exact) mass is 328 g/mol. The van der Waals surface area contributed by atoms with Crippen molar-refractivity contribution in [3.63, 3.8) is 0 Å². The van der Waals surface area contributed by atoms with E-state index in [0.29, 0.717) is 30.6 Å². The fourth-order valence-corrected chi connectivity index (χ4v) is 3.27. The van der Waals surface area contributed by atoms with Crippen molar-refractivity contribution in [1.29, 1.82) is 0 Å². The van der Waals surface area contributed by atoms with E-state index in [4.69, 9.17) is 15.2 Å². The highest BCUT2D eigenvalue weighted by molar-refractivity contribution is 7.89. The van der Waals surface area contributed by atoms with Crippen LogP contribution < -0.4 is 19.9 Å². The first-order chi connectivity index (χ1) is 10.5. The molecule has 0 radical (unpaired) electrons. The Morgan fingerprint density at radius 3 is 2.45 bits per heavy atom. The van der Waals surface area contributed by atoms with Crippen LogP contribution in [0.4, 0.5) is 0 Å². The Hall–Kier alpha value is -1.31. The zero-order valence-corrected chi connectivity index (χ0v) is 13.9. The molecule has 1 fully saturated rings. The van der Waals surface area contributed by atoms with E-state index < -0.39 is 10.0 Å². The molecule has 1 aliphatic carbocycles. The molecule has 7 heteroatoms. The van der Waals surface area contributed by atoms with Gasteiger partial charge in [0.25, 0.3) is 0 Å². The average molecular weight is 328 g/mol. The minimum absolute atomic E-state index is 0.121. The van der Waals surface area contributed by atoms with Gasteiger partial charge in [0.15, 0.2) is 11.5 Å². The van der Waals surface area contributed by atoms with Gasteiger partial charge >= 0.3 is 0 Å². The summed E-state index contributed by atoms with van der Waals surface area (Å²) in [4.78, 5) is 0.155. The van der Waals surface area contributed by atoms with Crippen LogP contribution in [0.1, 0.15) is 26.7 Å². The predicted molar refractivity (Wildman–Crippen MR) is 84.7 cm³/mol. The van der Waals surface area contributed by atoms with Gasteiger partial charge < -0.3 is 15.2 Å². The lowest BCUT2D eigenvalue weighted by atomic mass is 10.2. The van der Waals surface area contributed by atoms with Crippen LogP contribution in [0.5, 0.6) is 11.5 Å². The van der Waals surface area contributed by atoms with Crippen LogP contribution >= 0.6 is 0 Å². The molecule has 1 saturated carbocycles. The third kappa shape index (κ3) is 4.34. The molecule has 0 spiro atoms. The van der Waals surface area contributed by atoms with E-state index in [1.54, 1.807) is 6.07 Å². The van der Waals surface area contributed by atoms with Crippen molar-refractivity contribution < 1.29 is 17.9 Å². The molecule has 124 valence electrons. The third-order valence-electron chi connectivity index (χ3n) is 3.56. The van der Waals surface area contributed by atoms with Crippen molar-refractivity contribution >= 4 is 10.0 Å². The number of ether oxygens (including phenoxy) is 2. The number of hydrogen-bond donors (Lipinski definition) is 2. The van der Waals surface area contributed by atoms with Crippen molar-refractivity contribution in [2.24, 2.45) is 11.7 Å². The normalized spacial score (nSPS) is 16.3. The van der Waals surface area contributed by atoms with E-state index >= 15 is 0 Å². The van der Waals surface area contributed by atoms with Crippen LogP contribution in [-0.4, -0.2) is 34.2 Å². The maximum atomic E-state index is 12.3. The molecular formula is C15H24N2O4S. The predicted octanol–water partition coefficient (Wildman–Crippen LogP) is 1.50. The Balaban J connectivity index is 2.13. The topological polar surface area (TPSA) is 90.7 Å². The molecule has 6 nitrogen and oxygen atoms in total. The molecule has 1 aliphatic rings. The van der Waals surface area contributed by atoms with Gasteiger partial charge in [0.2, 0.25) is 10.0 Å². The molecule has 1 unspecified atom stereocenters. The summed E-state index contributed by atoms with van der Waals surface area (Å²) in [5.74, 6) is 1.42. The van der Waals surface area contributed by atoms with E-state index in [2.05, 4.69) is 4.72 Å². The minimum atomic E-state index is -3.60. The lowest BCUT2D eigenvalue weighted by molar-refractivity contribution is 0.287. The minimum Gasteiger partial charge on any atom is -0.490 e. The Labute approximate surface area is 132 Å². The number of hydrogen-bond acceptors (Lipinski definition) is 5. The van der Waals surface area contributed by atoms with Crippen LogP contribution in [-0.2, 0) is 10.0 Å². The van der Waals surface area contributed by atoms with Crippen molar-refractivity contribution in [3.05, 3.63) is 18.2 Å². The average Bonchev–Trinajstić information content (AvgIpc) is 3.32. The molecular weight excluding hydrogens is 304 g/mol. The number of nitrogens with one attached hydrogen (secondary N) is 1. The molecule has 3 N–H and O–H groups in total. The lowest BCUT2D eigenvalue weighted by Crippen LogP contribution is -2.38. The SMILES string of the molecule is CCOc1ccc(S(=O)(=O)NCC(N)C2CC2)cc1OCC. The van der Waals surface area contributed by atoms with Crippen molar-refractivity contribution in [2.75, 3.05) is 19.8 Å². The van der Waals surface area contributed by atoms with E-state index in [9.17, 15) is 8.42 Å². The summed E-state index contributed by atoms with van der Waals surface area (Å²) in [5, 5.41) is 0. The van der Waals surface area contributed by atoms with Crippen molar-refractivity contribution in [1.82, 2.24) is 4.72 Å². The second-order valence-electron chi connectivity index (χ2n) is 5.33. The van der Waals surface area contributed by atoms with Gasteiger partial charge in [0.05, 0.1) is 18.1 Å². The fourth-order valence-electron chi connectivity index (χ4n) is 2.18. The van der Waals surface area contributed by atoms with Crippen LogP contribution in [0, 0.1) is 5.92 Å². The molecule has 0 bridgehead atoms. The molecule has 0 amide bonds. The van der Waals surface area contributed by atoms with Crippen molar-refractivity contribution in [3.8, 4) is 11.5 Å². The van der Waals surface area contributed by atoms with Crippen LogP contribution in [0.15, 0.2) is 23.1 Å².